The van der Waals surface area contributed by atoms with Crippen LogP contribution in [-0.4, -0.2) is 94.1 Å². The van der Waals surface area contributed by atoms with Crippen molar-refractivity contribution in [1.82, 2.24) is 16.0 Å². The molecule has 0 spiro atoms. The second-order valence-corrected chi connectivity index (χ2v) is 9.62. The number of carbonyl (C=O) groups excluding carboxylic acids is 3. The lowest BCUT2D eigenvalue weighted by atomic mass is 9.95. The Kier molecular flexibility index (Phi) is 9.00. The third kappa shape index (κ3) is 6.23. The lowest BCUT2D eigenvalue weighted by Crippen LogP contribution is -2.68. The summed E-state index contributed by atoms with van der Waals surface area (Å²) in [5.41, 5.74) is 3.99. The second kappa shape index (κ2) is 12.4. The van der Waals surface area contributed by atoms with Gasteiger partial charge < -0.3 is 45.9 Å². The summed E-state index contributed by atoms with van der Waals surface area (Å²) in [5.74, 6) is -3.26. The van der Waals surface area contributed by atoms with Gasteiger partial charge in [-0.05, 0) is 22.3 Å². The van der Waals surface area contributed by atoms with Crippen LogP contribution in [0.15, 0.2) is 48.5 Å². The number of hydrogen-bond donors (Lipinski definition) is 7. The molecule has 0 bridgehead atoms. The molecule has 0 aromatic heterocycles. The van der Waals surface area contributed by atoms with Gasteiger partial charge in [0.2, 0.25) is 11.8 Å². The van der Waals surface area contributed by atoms with Gasteiger partial charge in [-0.1, -0.05) is 48.5 Å². The summed E-state index contributed by atoms with van der Waals surface area (Å²) < 4.78 is 10.8. The molecule has 0 radical (unpaired) electrons. The van der Waals surface area contributed by atoms with E-state index >= 15 is 0 Å². The zero-order valence-electron chi connectivity index (χ0n) is 21.5. The van der Waals surface area contributed by atoms with E-state index in [1.54, 1.807) is 0 Å². The Bertz CT molecular complexity index is 1230. The van der Waals surface area contributed by atoms with Crippen LogP contribution in [0, 0.1) is 0 Å². The Hall–Kier alpha value is -4.04. The van der Waals surface area contributed by atoms with E-state index in [9.17, 15) is 39.6 Å². The number of amides is 3. The van der Waals surface area contributed by atoms with E-state index in [0.717, 1.165) is 29.2 Å². The van der Waals surface area contributed by atoms with Crippen LogP contribution in [0.5, 0.6) is 0 Å². The number of carboxylic acid groups (broad SMARTS) is 1. The molecule has 13 nitrogen and oxygen atoms in total. The molecular weight excluding hydrogens is 526 g/mol. The standard InChI is InChI=1S/C27H31N3O10/c1-13(32)28-22-24(35)23(34)20(11-31)40-25(22)30-21(33)10-19(26(36)37)29-27(38)39-12-18-16-8-4-2-6-14(16)15-7-3-5-9-17(15)18/h2-9,18-20,22-25,31,34-35H,10-12H2,1H3,(H,28,32)(H,29,38)(H,30,33)(H,36,37)/t19-,20+,22+,23+,24+,25+/m0/s1. The molecule has 0 unspecified atom stereocenters. The first-order valence-electron chi connectivity index (χ1n) is 12.6. The molecule has 2 aromatic rings. The summed E-state index contributed by atoms with van der Waals surface area (Å²) >= 11 is 0. The van der Waals surface area contributed by atoms with Gasteiger partial charge in [0, 0.05) is 12.8 Å². The zero-order valence-corrected chi connectivity index (χ0v) is 21.5. The number of alkyl carbamates (subject to hydrolysis) is 1. The van der Waals surface area contributed by atoms with E-state index in [1.807, 2.05) is 48.5 Å². The topological polar surface area (TPSA) is 204 Å². The van der Waals surface area contributed by atoms with Crippen LogP contribution < -0.4 is 16.0 Å². The number of rotatable bonds is 9. The highest BCUT2D eigenvalue weighted by atomic mass is 16.6. The molecule has 3 amide bonds. The second-order valence-electron chi connectivity index (χ2n) is 9.62. The largest absolute Gasteiger partial charge is 0.480 e. The summed E-state index contributed by atoms with van der Waals surface area (Å²) in [4.78, 5) is 48.6. The van der Waals surface area contributed by atoms with E-state index in [-0.39, 0.29) is 12.5 Å². The predicted octanol–water partition coefficient (Wildman–Crippen LogP) is -0.572. The molecule has 214 valence electrons. The summed E-state index contributed by atoms with van der Waals surface area (Å²) in [7, 11) is 0. The first kappa shape index (κ1) is 29.0. The fraction of sp³-hybridized carbons (Fsp3) is 0.407. The smallest absolute Gasteiger partial charge is 0.407 e. The fourth-order valence-corrected chi connectivity index (χ4v) is 5.02. The summed E-state index contributed by atoms with van der Waals surface area (Å²) in [6.45, 7) is 0.392. The Morgan fingerprint density at radius 3 is 2.10 bits per heavy atom. The minimum Gasteiger partial charge on any atom is -0.480 e. The van der Waals surface area contributed by atoms with E-state index in [2.05, 4.69) is 16.0 Å². The Labute approximate surface area is 229 Å². The van der Waals surface area contributed by atoms with Crippen molar-refractivity contribution in [2.24, 2.45) is 0 Å². The highest BCUT2D eigenvalue weighted by Gasteiger charge is 2.45. The maximum atomic E-state index is 12.7. The van der Waals surface area contributed by atoms with Crippen LogP contribution in [0.25, 0.3) is 11.1 Å². The number of aliphatic hydroxyl groups is 3. The molecule has 4 rings (SSSR count). The number of benzene rings is 2. The molecule has 7 N–H and O–H groups in total. The van der Waals surface area contributed by atoms with Crippen molar-refractivity contribution < 1.29 is 49.1 Å². The number of carbonyl (C=O) groups is 4. The van der Waals surface area contributed by atoms with Crippen molar-refractivity contribution in [2.45, 2.75) is 55.9 Å². The van der Waals surface area contributed by atoms with E-state index in [0.29, 0.717) is 0 Å². The molecule has 40 heavy (non-hydrogen) atoms. The molecule has 6 atom stereocenters. The van der Waals surface area contributed by atoms with Gasteiger partial charge >= 0.3 is 12.1 Å². The van der Waals surface area contributed by atoms with Crippen LogP contribution in [0.4, 0.5) is 4.79 Å². The maximum Gasteiger partial charge on any atom is 0.407 e. The van der Waals surface area contributed by atoms with E-state index < -0.39 is 73.5 Å². The van der Waals surface area contributed by atoms with Gasteiger partial charge in [-0.15, -0.1) is 0 Å². The van der Waals surface area contributed by atoms with E-state index in [1.165, 1.54) is 0 Å². The number of ether oxygens (including phenoxy) is 2. The zero-order chi connectivity index (χ0) is 29.0. The van der Waals surface area contributed by atoms with Gasteiger partial charge in [0.15, 0.2) is 6.23 Å². The third-order valence-electron chi connectivity index (χ3n) is 6.92. The average molecular weight is 558 g/mol. The van der Waals surface area contributed by atoms with Crippen LogP contribution in [0.3, 0.4) is 0 Å². The third-order valence-corrected chi connectivity index (χ3v) is 6.92. The predicted molar refractivity (Wildman–Crippen MR) is 138 cm³/mol. The van der Waals surface area contributed by atoms with Gasteiger partial charge in [-0.25, -0.2) is 9.59 Å². The minimum absolute atomic E-state index is 0.0601. The van der Waals surface area contributed by atoms with Crippen molar-refractivity contribution in [3.63, 3.8) is 0 Å². The monoisotopic (exact) mass is 557 g/mol. The van der Waals surface area contributed by atoms with Crippen LogP contribution in [0.1, 0.15) is 30.4 Å². The number of aliphatic carboxylic acids is 1. The molecule has 1 heterocycles. The van der Waals surface area contributed by atoms with Crippen molar-refractivity contribution in [1.29, 1.82) is 0 Å². The molecular formula is C27H31N3O10. The van der Waals surface area contributed by atoms with Gasteiger partial charge in [0.1, 0.15) is 37.0 Å². The Balaban J connectivity index is 1.37. The minimum atomic E-state index is -1.68. The van der Waals surface area contributed by atoms with Crippen molar-refractivity contribution in [3.05, 3.63) is 59.7 Å². The number of fused-ring (bicyclic) bond motifs is 3. The molecule has 13 heteroatoms. The van der Waals surface area contributed by atoms with Gasteiger partial charge in [-0.3, -0.25) is 9.59 Å². The maximum absolute atomic E-state index is 12.7. The van der Waals surface area contributed by atoms with Crippen molar-refractivity contribution in [3.8, 4) is 11.1 Å². The molecule has 1 saturated heterocycles. The number of aliphatic hydroxyl groups excluding tert-OH is 3. The number of nitrogens with one attached hydrogen (secondary N) is 3. The first-order valence-corrected chi connectivity index (χ1v) is 12.6. The Morgan fingerprint density at radius 2 is 1.55 bits per heavy atom. The SMILES string of the molecule is CC(=O)N[C@@H]1[C@@H](O)[C@H](O)[C@@H](CO)O[C@H]1NC(=O)C[C@H](NC(=O)OCC1c2ccccc2-c2ccccc21)C(=O)O. The van der Waals surface area contributed by atoms with Crippen LogP contribution in [0.2, 0.25) is 0 Å². The summed E-state index contributed by atoms with van der Waals surface area (Å²) in [6.07, 6.45) is -7.62. The number of hydrogen-bond acceptors (Lipinski definition) is 9. The Morgan fingerprint density at radius 1 is 0.950 bits per heavy atom. The average Bonchev–Trinajstić information content (AvgIpc) is 3.24. The molecule has 1 aliphatic carbocycles. The molecule has 1 fully saturated rings. The highest BCUT2D eigenvalue weighted by molar-refractivity contribution is 5.87. The van der Waals surface area contributed by atoms with Gasteiger partial charge in [-0.2, -0.15) is 0 Å². The molecule has 2 aliphatic rings. The van der Waals surface area contributed by atoms with E-state index in [4.69, 9.17) is 9.47 Å². The van der Waals surface area contributed by atoms with Crippen molar-refractivity contribution in [2.75, 3.05) is 13.2 Å². The quantitative estimate of drug-likeness (QED) is 0.209. The molecule has 1 aliphatic heterocycles. The lowest BCUT2D eigenvalue weighted by molar-refractivity contribution is -0.203. The first-order chi connectivity index (χ1) is 19.1. The molecule has 0 saturated carbocycles. The van der Waals surface area contributed by atoms with Crippen LogP contribution in [-0.2, 0) is 23.9 Å². The lowest BCUT2D eigenvalue weighted by Gasteiger charge is -2.42. The van der Waals surface area contributed by atoms with Crippen LogP contribution >= 0.6 is 0 Å². The van der Waals surface area contributed by atoms with Gasteiger partial charge in [0.25, 0.3) is 0 Å². The normalized spacial score (nSPS) is 24.2. The highest BCUT2D eigenvalue weighted by Crippen LogP contribution is 2.44. The molecule has 2 aromatic carbocycles. The summed E-state index contributed by atoms with van der Waals surface area (Å²) in [5, 5.41) is 46.3. The van der Waals surface area contributed by atoms with Crippen molar-refractivity contribution >= 4 is 23.9 Å². The number of carboxylic acids is 1. The van der Waals surface area contributed by atoms with Gasteiger partial charge in [0.05, 0.1) is 13.0 Å². The fourth-order valence-electron chi connectivity index (χ4n) is 5.02. The summed E-state index contributed by atoms with van der Waals surface area (Å²) in [6, 6.07) is 12.4.